The number of benzene rings is 2. The fourth-order valence-electron chi connectivity index (χ4n) is 2.14. The Morgan fingerprint density at radius 3 is 2.48 bits per heavy atom. The number of rotatable bonds is 7. The Labute approximate surface area is 183 Å². The lowest BCUT2D eigenvalue weighted by Gasteiger charge is -2.12. The number of anilines is 1. The number of nitrogens with two attached hydrogens (primary N) is 1. The van der Waals surface area contributed by atoms with Crippen molar-refractivity contribution in [3.8, 4) is 11.5 Å². The normalized spacial score (nSPS) is 10.6. The van der Waals surface area contributed by atoms with Gasteiger partial charge in [-0.3, -0.25) is 9.79 Å². The summed E-state index contributed by atoms with van der Waals surface area (Å²) in [5.74, 6) is 1.35. The highest BCUT2D eigenvalue weighted by Crippen LogP contribution is 2.28. The molecular formula is C18H22BrIN4O3. The van der Waals surface area contributed by atoms with Crippen molar-refractivity contribution in [3.63, 3.8) is 0 Å². The smallest absolute Gasteiger partial charge is 0.251 e. The first kappa shape index (κ1) is 23.0. The molecular weight excluding hydrogens is 527 g/mol. The molecule has 2 aromatic rings. The fraction of sp³-hybridized carbons (Fsp3) is 0.222. The minimum Gasteiger partial charge on any atom is -0.497 e. The summed E-state index contributed by atoms with van der Waals surface area (Å²) in [5, 5.41) is 5.76. The van der Waals surface area contributed by atoms with Gasteiger partial charge in [0.25, 0.3) is 5.91 Å². The van der Waals surface area contributed by atoms with Crippen LogP contribution in [0.15, 0.2) is 51.9 Å². The summed E-state index contributed by atoms with van der Waals surface area (Å²) in [6, 6.07) is 12.4. The van der Waals surface area contributed by atoms with Crippen LogP contribution in [-0.4, -0.2) is 39.2 Å². The number of methoxy groups -OCH3 is 2. The van der Waals surface area contributed by atoms with Crippen molar-refractivity contribution in [1.29, 1.82) is 0 Å². The van der Waals surface area contributed by atoms with Crippen LogP contribution in [0.2, 0.25) is 0 Å². The molecule has 0 radical (unpaired) electrons. The number of carbonyl (C=O) groups excluding carboxylic acids is 1. The molecule has 0 heterocycles. The van der Waals surface area contributed by atoms with Gasteiger partial charge in [0.2, 0.25) is 0 Å². The molecule has 0 spiro atoms. The SMILES string of the molecule is COc1ccc(OC)c(NC(N)=NCCNC(=O)c2ccc(Br)cc2)c1.I. The number of hydrogen-bond donors (Lipinski definition) is 3. The van der Waals surface area contributed by atoms with E-state index in [-0.39, 0.29) is 35.8 Å². The van der Waals surface area contributed by atoms with E-state index < -0.39 is 0 Å². The molecule has 146 valence electrons. The second-order valence-corrected chi connectivity index (χ2v) is 6.14. The van der Waals surface area contributed by atoms with Crippen LogP contribution in [0, 0.1) is 0 Å². The molecule has 0 aliphatic heterocycles. The minimum absolute atomic E-state index is 0. The molecule has 0 saturated carbocycles. The number of nitrogens with one attached hydrogen (secondary N) is 2. The third kappa shape index (κ3) is 7.25. The van der Waals surface area contributed by atoms with E-state index >= 15 is 0 Å². The Morgan fingerprint density at radius 2 is 1.85 bits per heavy atom. The summed E-state index contributed by atoms with van der Waals surface area (Å²) >= 11 is 3.33. The van der Waals surface area contributed by atoms with Crippen molar-refractivity contribution >= 4 is 57.5 Å². The van der Waals surface area contributed by atoms with Gasteiger partial charge in [0.05, 0.1) is 26.5 Å². The standard InChI is InChI=1S/C18H21BrN4O3.HI/c1-25-14-7-8-16(26-2)15(11-14)23-18(20)22-10-9-21-17(24)12-3-5-13(19)6-4-12;/h3-8,11H,9-10H2,1-2H3,(H,21,24)(H3,20,22,23);1H. The molecule has 0 aliphatic carbocycles. The van der Waals surface area contributed by atoms with Gasteiger partial charge in [-0.05, 0) is 36.4 Å². The maximum Gasteiger partial charge on any atom is 0.251 e. The van der Waals surface area contributed by atoms with Crippen LogP contribution in [-0.2, 0) is 0 Å². The molecule has 2 rings (SSSR count). The number of hydrogen-bond acceptors (Lipinski definition) is 4. The van der Waals surface area contributed by atoms with Crippen molar-refractivity contribution in [3.05, 3.63) is 52.5 Å². The molecule has 0 atom stereocenters. The Bertz CT molecular complexity index is 785. The van der Waals surface area contributed by atoms with Gasteiger partial charge in [0, 0.05) is 22.6 Å². The lowest BCUT2D eigenvalue weighted by atomic mass is 10.2. The van der Waals surface area contributed by atoms with Crippen molar-refractivity contribution in [2.45, 2.75) is 0 Å². The summed E-state index contributed by atoms with van der Waals surface area (Å²) in [6.07, 6.45) is 0. The molecule has 0 aromatic heterocycles. The van der Waals surface area contributed by atoms with Gasteiger partial charge in [-0.1, -0.05) is 15.9 Å². The molecule has 4 N–H and O–H groups in total. The minimum atomic E-state index is -0.159. The van der Waals surface area contributed by atoms with Gasteiger partial charge in [0.15, 0.2) is 5.96 Å². The van der Waals surface area contributed by atoms with Crippen molar-refractivity contribution < 1.29 is 14.3 Å². The van der Waals surface area contributed by atoms with E-state index in [0.29, 0.717) is 35.8 Å². The van der Waals surface area contributed by atoms with Gasteiger partial charge in [-0.25, -0.2) is 0 Å². The highest BCUT2D eigenvalue weighted by atomic mass is 127. The number of aliphatic imine (C=N–C) groups is 1. The Balaban J connectivity index is 0.00000364. The van der Waals surface area contributed by atoms with Crippen LogP contribution in [0.5, 0.6) is 11.5 Å². The lowest BCUT2D eigenvalue weighted by molar-refractivity contribution is 0.0955. The van der Waals surface area contributed by atoms with Crippen LogP contribution in [0.3, 0.4) is 0 Å². The Morgan fingerprint density at radius 1 is 1.15 bits per heavy atom. The number of carbonyl (C=O) groups is 1. The van der Waals surface area contributed by atoms with Gasteiger partial charge in [-0.15, -0.1) is 24.0 Å². The molecule has 0 aliphatic rings. The maximum absolute atomic E-state index is 12.0. The number of amides is 1. The van der Waals surface area contributed by atoms with Gasteiger partial charge < -0.3 is 25.8 Å². The van der Waals surface area contributed by atoms with Gasteiger partial charge in [-0.2, -0.15) is 0 Å². The zero-order chi connectivity index (χ0) is 18.9. The monoisotopic (exact) mass is 548 g/mol. The Hall–Kier alpha value is -2.01. The lowest BCUT2D eigenvalue weighted by Crippen LogP contribution is -2.28. The number of guanidine groups is 1. The quantitative estimate of drug-likeness (QED) is 0.213. The van der Waals surface area contributed by atoms with E-state index in [1.165, 1.54) is 0 Å². The molecule has 0 fully saturated rings. The second-order valence-electron chi connectivity index (χ2n) is 5.22. The van der Waals surface area contributed by atoms with Crippen molar-refractivity contribution in [2.75, 3.05) is 32.6 Å². The molecule has 0 unspecified atom stereocenters. The molecule has 7 nitrogen and oxygen atoms in total. The van der Waals surface area contributed by atoms with E-state index in [4.69, 9.17) is 15.2 Å². The predicted octanol–water partition coefficient (Wildman–Crippen LogP) is 3.24. The third-order valence-corrected chi connectivity index (χ3v) is 3.98. The highest BCUT2D eigenvalue weighted by Gasteiger charge is 2.06. The van der Waals surface area contributed by atoms with Crippen LogP contribution in [0.25, 0.3) is 0 Å². The molecule has 0 bridgehead atoms. The van der Waals surface area contributed by atoms with Gasteiger partial charge >= 0.3 is 0 Å². The molecule has 9 heteroatoms. The van der Waals surface area contributed by atoms with Crippen LogP contribution < -0.4 is 25.8 Å². The van der Waals surface area contributed by atoms with E-state index in [0.717, 1.165) is 4.47 Å². The first-order valence-corrected chi connectivity index (χ1v) is 8.65. The summed E-state index contributed by atoms with van der Waals surface area (Å²) in [6.45, 7) is 0.708. The van der Waals surface area contributed by atoms with Crippen LogP contribution in [0.1, 0.15) is 10.4 Å². The summed E-state index contributed by atoms with van der Waals surface area (Å²) in [4.78, 5) is 16.2. The largest absolute Gasteiger partial charge is 0.497 e. The first-order valence-electron chi connectivity index (χ1n) is 7.86. The molecule has 2 aromatic carbocycles. The van der Waals surface area contributed by atoms with E-state index in [9.17, 15) is 4.79 Å². The predicted molar refractivity (Wildman–Crippen MR) is 122 cm³/mol. The summed E-state index contributed by atoms with van der Waals surface area (Å²) < 4.78 is 11.4. The van der Waals surface area contributed by atoms with Crippen LogP contribution in [0.4, 0.5) is 5.69 Å². The van der Waals surface area contributed by atoms with E-state index in [1.54, 1.807) is 44.6 Å². The topological polar surface area (TPSA) is 98.0 Å². The second kappa shape index (κ2) is 11.7. The highest BCUT2D eigenvalue weighted by molar-refractivity contribution is 14.0. The molecule has 27 heavy (non-hydrogen) atoms. The third-order valence-electron chi connectivity index (χ3n) is 3.46. The maximum atomic E-state index is 12.0. The number of ether oxygens (including phenoxy) is 2. The zero-order valence-electron chi connectivity index (χ0n) is 15.0. The van der Waals surface area contributed by atoms with Crippen LogP contribution >= 0.6 is 39.9 Å². The average Bonchev–Trinajstić information content (AvgIpc) is 2.65. The first-order chi connectivity index (χ1) is 12.5. The number of halogens is 2. The van der Waals surface area contributed by atoms with Gasteiger partial charge in [0.1, 0.15) is 11.5 Å². The molecule has 1 amide bonds. The molecule has 0 saturated heterocycles. The summed E-state index contributed by atoms with van der Waals surface area (Å²) in [7, 11) is 3.15. The number of nitrogens with zero attached hydrogens (tertiary/aromatic N) is 1. The Kier molecular flexibility index (Phi) is 9.94. The van der Waals surface area contributed by atoms with Crippen molar-refractivity contribution in [2.24, 2.45) is 10.7 Å². The summed E-state index contributed by atoms with van der Waals surface area (Å²) in [5.41, 5.74) is 7.12. The average molecular weight is 549 g/mol. The fourth-order valence-corrected chi connectivity index (χ4v) is 2.40. The zero-order valence-corrected chi connectivity index (χ0v) is 18.9. The van der Waals surface area contributed by atoms with E-state index in [2.05, 4.69) is 31.6 Å². The van der Waals surface area contributed by atoms with E-state index in [1.807, 2.05) is 12.1 Å². The van der Waals surface area contributed by atoms with Crippen molar-refractivity contribution in [1.82, 2.24) is 5.32 Å².